The predicted molar refractivity (Wildman–Crippen MR) is 70.2 cm³/mol. The van der Waals surface area contributed by atoms with E-state index in [4.69, 9.17) is 4.52 Å². The molecule has 0 saturated heterocycles. The number of esters is 2. The second-order valence-electron chi connectivity index (χ2n) is 3.69. The van der Waals surface area contributed by atoms with Gasteiger partial charge in [0, 0.05) is 0 Å². The Hall–Kier alpha value is -1.69. The molecule has 0 fully saturated rings. The molecular weight excluding hydrogens is 287 g/mol. The van der Waals surface area contributed by atoms with E-state index in [9.17, 15) is 19.0 Å². The molecule has 0 aliphatic carbocycles. The quantitative estimate of drug-likeness (QED) is 0.642. The van der Waals surface area contributed by atoms with Gasteiger partial charge in [-0.2, -0.15) is 0 Å². The molecule has 0 aromatic heterocycles. The Bertz CT molecular complexity index is 533. The van der Waals surface area contributed by atoms with E-state index in [1.807, 2.05) is 0 Å². The molecule has 0 aliphatic heterocycles. The molecule has 110 valence electrons. The normalized spacial score (nSPS) is 13.4. The number of hydrogen-bond acceptors (Lipinski definition) is 6. The van der Waals surface area contributed by atoms with Crippen molar-refractivity contribution in [2.24, 2.45) is 0 Å². The molecule has 0 radical (unpaired) electrons. The minimum atomic E-state index is -4.11. The molecule has 0 saturated carbocycles. The molecular formula is C12H15O7P. The van der Waals surface area contributed by atoms with E-state index in [-0.39, 0.29) is 23.0 Å². The van der Waals surface area contributed by atoms with Crippen molar-refractivity contribution in [1.29, 1.82) is 0 Å². The number of rotatable bonds is 5. The molecule has 20 heavy (non-hydrogen) atoms. The fraction of sp³-hybridized carbons (Fsp3) is 0.333. The van der Waals surface area contributed by atoms with Gasteiger partial charge in [-0.25, -0.2) is 9.59 Å². The summed E-state index contributed by atoms with van der Waals surface area (Å²) < 4.78 is 25.8. The lowest BCUT2D eigenvalue weighted by Gasteiger charge is -2.13. The highest BCUT2D eigenvalue weighted by Crippen LogP contribution is 2.40. The summed E-state index contributed by atoms with van der Waals surface area (Å²) >= 11 is 0. The van der Waals surface area contributed by atoms with Crippen molar-refractivity contribution in [3.8, 4) is 0 Å². The van der Waals surface area contributed by atoms with Crippen molar-refractivity contribution < 1.29 is 33.0 Å². The zero-order valence-corrected chi connectivity index (χ0v) is 12.2. The monoisotopic (exact) mass is 302 g/mol. The van der Waals surface area contributed by atoms with Gasteiger partial charge < -0.3 is 18.9 Å². The first-order chi connectivity index (χ1) is 9.35. The number of ether oxygens (including phenoxy) is 2. The average molecular weight is 302 g/mol. The summed E-state index contributed by atoms with van der Waals surface area (Å²) in [6.07, 6.45) is 0. The van der Waals surface area contributed by atoms with Crippen LogP contribution in [0.15, 0.2) is 18.2 Å². The van der Waals surface area contributed by atoms with Crippen molar-refractivity contribution in [2.75, 3.05) is 20.8 Å². The van der Waals surface area contributed by atoms with E-state index in [0.717, 1.165) is 26.4 Å². The van der Waals surface area contributed by atoms with Gasteiger partial charge in [0.1, 0.15) is 0 Å². The Labute approximate surface area is 116 Å². The first kappa shape index (κ1) is 16.4. The van der Waals surface area contributed by atoms with Gasteiger partial charge in [0.05, 0.1) is 37.3 Å². The predicted octanol–water partition coefficient (Wildman–Crippen LogP) is 1.11. The summed E-state index contributed by atoms with van der Waals surface area (Å²) in [5.74, 6) is -1.48. The van der Waals surface area contributed by atoms with E-state index in [0.29, 0.717) is 0 Å². The maximum absolute atomic E-state index is 12.0. The second kappa shape index (κ2) is 6.65. The van der Waals surface area contributed by atoms with Crippen LogP contribution in [-0.2, 0) is 18.6 Å². The Morgan fingerprint density at radius 1 is 1.10 bits per heavy atom. The van der Waals surface area contributed by atoms with Crippen LogP contribution in [-0.4, -0.2) is 37.7 Å². The first-order valence-electron chi connectivity index (χ1n) is 5.65. The molecule has 1 rings (SSSR count). The molecule has 0 heterocycles. The zero-order chi connectivity index (χ0) is 15.3. The van der Waals surface area contributed by atoms with Crippen molar-refractivity contribution in [3.05, 3.63) is 29.3 Å². The van der Waals surface area contributed by atoms with E-state index < -0.39 is 19.5 Å². The van der Waals surface area contributed by atoms with Gasteiger partial charge in [-0.05, 0) is 25.1 Å². The van der Waals surface area contributed by atoms with Crippen LogP contribution in [0.4, 0.5) is 0 Å². The van der Waals surface area contributed by atoms with E-state index in [1.54, 1.807) is 6.92 Å². The van der Waals surface area contributed by atoms with Crippen molar-refractivity contribution in [1.82, 2.24) is 0 Å². The second-order valence-corrected chi connectivity index (χ2v) is 5.51. The van der Waals surface area contributed by atoms with Crippen LogP contribution in [0.5, 0.6) is 0 Å². The molecule has 7 nitrogen and oxygen atoms in total. The maximum atomic E-state index is 12.0. The standard InChI is InChI=1S/C12H15O7P/c1-4-19-20(15,16)10-6-8(11(13)17-2)5-9(7-10)12(14)18-3/h5-7H,4H2,1-3H3,(H,15,16). The lowest BCUT2D eigenvalue weighted by atomic mass is 10.1. The van der Waals surface area contributed by atoms with Crippen LogP contribution in [0, 0.1) is 0 Å². The molecule has 1 unspecified atom stereocenters. The zero-order valence-electron chi connectivity index (χ0n) is 11.3. The smallest absolute Gasteiger partial charge is 0.358 e. The number of benzene rings is 1. The van der Waals surface area contributed by atoms with Gasteiger partial charge in [-0.3, -0.25) is 4.57 Å². The molecule has 0 spiro atoms. The number of methoxy groups -OCH3 is 2. The number of hydrogen-bond donors (Lipinski definition) is 1. The van der Waals surface area contributed by atoms with Crippen LogP contribution < -0.4 is 5.30 Å². The SMILES string of the molecule is CCOP(=O)(O)c1cc(C(=O)OC)cc(C(=O)OC)c1. The van der Waals surface area contributed by atoms with Crippen molar-refractivity contribution in [3.63, 3.8) is 0 Å². The highest BCUT2D eigenvalue weighted by molar-refractivity contribution is 7.61. The van der Waals surface area contributed by atoms with Gasteiger partial charge in [0.2, 0.25) is 0 Å². The van der Waals surface area contributed by atoms with Crippen LogP contribution >= 0.6 is 7.60 Å². The molecule has 0 amide bonds. The molecule has 1 aromatic carbocycles. The minimum Gasteiger partial charge on any atom is -0.465 e. The van der Waals surface area contributed by atoms with Gasteiger partial charge in [-0.15, -0.1) is 0 Å². The van der Waals surface area contributed by atoms with E-state index in [2.05, 4.69) is 9.47 Å². The van der Waals surface area contributed by atoms with Gasteiger partial charge in [0.15, 0.2) is 0 Å². The highest BCUT2D eigenvalue weighted by atomic mass is 31.2. The minimum absolute atomic E-state index is 0.00376. The van der Waals surface area contributed by atoms with Crippen LogP contribution in [0.25, 0.3) is 0 Å². The molecule has 0 aliphatic rings. The average Bonchev–Trinajstić information content (AvgIpc) is 2.44. The molecule has 0 bridgehead atoms. The third-order valence-corrected chi connectivity index (χ3v) is 3.91. The molecule has 1 aromatic rings. The summed E-state index contributed by atoms with van der Waals surface area (Å²) in [7, 11) is -1.79. The van der Waals surface area contributed by atoms with Gasteiger partial charge >= 0.3 is 19.5 Å². The third-order valence-electron chi connectivity index (χ3n) is 2.39. The van der Waals surface area contributed by atoms with E-state index in [1.165, 1.54) is 6.07 Å². The Morgan fingerprint density at radius 3 is 1.90 bits per heavy atom. The van der Waals surface area contributed by atoms with E-state index >= 15 is 0 Å². The van der Waals surface area contributed by atoms with Gasteiger partial charge in [-0.1, -0.05) is 0 Å². The van der Waals surface area contributed by atoms with Gasteiger partial charge in [0.25, 0.3) is 0 Å². The van der Waals surface area contributed by atoms with Crippen LogP contribution in [0.2, 0.25) is 0 Å². The Kier molecular flexibility index (Phi) is 5.44. The Morgan fingerprint density at radius 2 is 1.55 bits per heavy atom. The lowest BCUT2D eigenvalue weighted by molar-refractivity contribution is 0.0599. The summed E-state index contributed by atoms with van der Waals surface area (Å²) in [4.78, 5) is 32.8. The number of carbonyl (C=O) groups excluding carboxylic acids is 2. The molecule has 1 N–H and O–H groups in total. The van der Waals surface area contributed by atoms with Crippen molar-refractivity contribution >= 4 is 24.8 Å². The number of carbonyl (C=O) groups is 2. The fourth-order valence-electron chi connectivity index (χ4n) is 1.50. The summed E-state index contributed by atoms with van der Waals surface area (Å²) in [5, 5.41) is -0.178. The topological polar surface area (TPSA) is 99.1 Å². The first-order valence-corrected chi connectivity index (χ1v) is 7.23. The summed E-state index contributed by atoms with van der Waals surface area (Å²) in [6.45, 7) is 1.55. The van der Waals surface area contributed by atoms with Crippen LogP contribution in [0.3, 0.4) is 0 Å². The summed E-state index contributed by atoms with van der Waals surface area (Å²) in [6, 6.07) is 3.51. The van der Waals surface area contributed by atoms with Crippen molar-refractivity contribution in [2.45, 2.75) is 6.92 Å². The summed E-state index contributed by atoms with van der Waals surface area (Å²) in [5.41, 5.74) is -0.0845. The largest absolute Gasteiger partial charge is 0.465 e. The molecule has 8 heteroatoms. The fourth-order valence-corrected chi connectivity index (χ4v) is 2.60. The molecule has 1 atom stereocenters. The van der Waals surface area contributed by atoms with Crippen LogP contribution in [0.1, 0.15) is 27.6 Å². The lowest BCUT2D eigenvalue weighted by Crippen LogP contribution is -2.15. The Balaban J connectivity index is 3.41. The third kappa shape index (κ3) is 3.66. The highest BCUT2D eigenvalue weighted by Gasteiger charge is 2.26. The maximum Gasteiger partial charge on any atom is 0.358 e.